The van der Waals surface area contributed by atoms with E-state index in [1.807, 2.05) is 38.1 Å². The maximum Gasteiger partial charge on any atom is 0.262 e. The topological polar surface area (TPSA) is 66.5 Å². The molecule has 0 saturated carbocycles. The zero-order chi connectivity index (χ0) is 18.8. The first kappa shape index (κ1) is 17.9. The molecule has 5 nitrogen and oxygen atoms in total. The maximum atomic E-state index is 12.7. The van der Waals surface area contributed by atoms with Gasteiger partial charge < -0.3 is 5.32 Å². The Morgan fingerprint density at radius 3 is 2.04 bits per heavy atom. The van der Waals surface area contributed by atoms with E-state index in [1.54, 1.807) is 31.2 Å². The molecule has 1 heterocycles. The molecule has 5 heteroatoms. The summed E-state index contributed by atoms with van der Waals surface area (Å²) in [5.41, 5.74) is 2.85. The molecule has 3 amide bonds. The number of hydrogen-bond acceptors (Lipinski definition) is 3. The third-order valence-electron chi connectivity index (χ3n) is 4.80. The van der Waals surface area contributed by atoms with Crippen molar-refractivity contribution >= 4 is 17.7 Å². The van der Waals surface area contributed by atoms with Crippen LogP contribution in [-0.4, -0.2) is 28.7 Å². The fraction of sp³-hybridized carbons (Fsp3) is 0.286. The average molecular weight is 350 g/mol. The van der Waals surface area contributed by atoms with Crippen molar-refractivity contribution in [3.05, 3.63) is 70.8 Å². The Balaban J connectivity index is 1.77. The highest BCUT2D eigenvalue weighted by Gasteiger charge is 2.40. The Kier molecular flexibility index (Phi) is 4.89. The second kappa shape index (κ2) is 7.12. The number of aryl methyl sites for hydroxylation is 1. The number of carbonyl (C=O) groups is 3. The molecule has 2 atom stereocenters. The van der Waals surface area contributed by atoms with E-state index in [1.165, 1.54) is 0 Å². The predicted octanol–water partition coefficient (Wildman–Crippen LogP) is 3.25. The third kappa shape index (κ3) is 3.12. The van der Waals surface area contributed by atoms with Crippen molar-refractivity contribution in [3.63, 3.8) is 0 Å². The van der Waals surface area contributed by atoms with E-state index in [0.29, 0.717) is 17.5 Å². The monoisotopic (exact) mass is 350 g/mol. The van der Waals surface area contributed by atoms with Gasteiger partial charge in [-0.15, -0.1) is 0 Å². The lowest BCUT2D eigenvalue weighted by atomic mass is 10.0. The normalized spacial score (nSPS) is 15.6. The largest absolute Gasteiger partial charge is 0.348 e. The van der Waals surface area contributed by atoms with Gasteiger partial charge in [0.2, 0.25) is 5.91 Å². The summed E-state index contributed by atoms with van der Waals surface area (Å²) in [6.45, 7) is 5.57. The van der Waals surface area contributed by atoms with Crippen molar-refractivity contribution in [2.45, 2.75) is 39.3 Å². The summed E-state index contributed by atoms with van der Waals surface area (Å²) in [6, 6.07) is 13.6. The summed E-state index contributed by atoms with van der Waals surface area (Å²) in [7, 11) is 0. The van der Waals surface area contributed by atoms with Gasteiger partial charge in [0.25, 0.3) is 11.8 Å². The van der Waals surface area contributed by atoms with Crippen LogP contribution in [0.1, 0.15) is 58.2 Å². The predicted molar refractivity (Wildman–Crippen MR) is 98.8 cm³/mol. The molecule has 1 N–H and O–H groups in total. The fourth-order valence-electron chi connectivity index (χ4n) is 3.19. The van der Waals surface area contributed by atoms with Crippen LogP contribution in [0.25, 0.3) is 0 Å². The molecule has 1 aliphatic heterocycles. The summed E-state index contributed by atoms with van der Waals surface area (Å²) in [4.78, 5) is 38.8. The van der Waals surface area contributed by atoms with Crippen molar-refractivity contribution in [2.75, 3.05) is 0 Å². The van der Waals surface area contributed by atoms with Gasteiger partial charge in [0, 0.05) is 0 Å². The van der Waals surface area contributed by atoms with Gasteiger partial charge in [0.15, 0.2) is 0 Å². The Morgan fingerprint density at radius 1 is 1.00 bits per heavy atom. The van der Waals surface area contributed by atoms with Crippen LogP contribution in [0.3, 0.4) is 0 Å². The summed E-state index contributed by atoms with van der Waals surface area (Å²) in [5.74, 6) is -1.18. The molecule has 2 aromatic carbocycles. The van der Waals surface area contributed by atoms with Gasteiger partial charge in [-0.2, -0.15) is 0 Å². The number of nitrogens with zero attached hydrogens (tertiary/aromatic N) is 1. The molecule has 2 unspecified atom stereocenters. The minimum atomic E-state index is -0.873. The van der Waals surface area contributed by atoms with Gasteiger partial charge >= 0.3 is 0 Å². The van der Waals surface area contributed by atoms with E-state index in [-0.39, 0.29) is 11.9 Å². The Labute approximate surface area is 153 Å². The zero-order valence-electron chi connectivity index (χ0n) is 15.2. The molecule has 0 aromatic heterocycles. The van der Waals surface area contributed by atoms with Gasteiger partial charge in [-0.05, 0) is 38.0 Å². The van der Waals surface area contributed by atoms with E-state index in [0.717, 1.165) is 16.0 Å². The molecule has 0 bridgehead atoms. The summed E-state index contributed by atoms with van der Waals surface area (Å²) < 4.78 is 0. The molecule has 1 aliphatic rings. The van der Waals surface area contributed by atoms with E-state index >= 15 is 0 Å². The third-order valence-corrected chi connectivity index (χ3v) is 4.80. The van der Waals surface area contributed by atoms with Crippen molar-refractivity contribution in [1.29, 1.82) is 0 Å². The number of fused-ring (bicyclic) bond motifs is 1. The number of amides is 3. The van der Waals surface area contributed by atoms with E-state index in [2.05, 4.69) is 5.32 Å². The molecule has 0 radical (unpaired) electrons. The van der Waals surface area contributed by atoms with Crippen LogP contribution < -0.4 is 5.32 Å². The standard InChI is InChI=1S/C21H22N2O3/c1-4-18(15-11-9-13(2)10-12-15)22-19(24)14(3)23-20(25)16-7-5-6-8-17(16)21(23)26/h5-12,14,18H,4H2,1-3H3,(H,22,24). The molecule has 0 aliphatic carbocycles. The van der Waals surface area contributed by atoms with Crippen LogP contribution in [-0.2, 0) is 4.79 Å². The molecule has 134 valence electrons. The van der Waals surface area contributed by atoms with Crippen LogP contribution in [0.15, 0.2) is 48.5 Å². The highest BCUT2D eigenvalue weighted by molar-refractivity contribution is 6.22. The Morgan fingerprint density at radius 2 is 1.54 bits per heavy atom. The van der Waals surface area contributed by atoms with E-state index < -0.39 is 17.9 Å². The fourth-order valence-corrected chi connectivity index (χ4v) is 3.19. The summed E-state index contributed by atoms with van der Waals surface area (Å²) >= 11 is 0. The summed E-state index contributed by atoms with van der Waals surface area (Å²) in [5, 5.41) is 2.96. The van der Waals surface area contributed by atoms with Crippen LogP contribution >= 0.6 is 0 Å². The molecular weight excluding hydrogens is 328 g/mol. The van der Waals surface area contributed by atoms with Gasteiger partial charge in [-0.25, -0.2) is 0 Å². The van der Waals surface area contributed by atoms with Crippen molar-refractivity contribution in [2.24, 2.45) is 0 Å². The average Bonchev–Trinajstić information content (AvgIpc) is 2.91. The van der Waals surface area contributed by atoms with Gasteiger partial charge in [-0.1, -0.05) is 48.9 Å². The van der Waals surface area contributed by atoms with Gasteiger partial charge in [0.05, 0.1) is 17.2 Å². The minimum absolute atomic E-state index is 0.166. The lowest BCUT2D eigenvalue weighted by Gasteiger charge is -2.25. The first-order valence-electron chi connectivity index (χ1n) is 8.78. The number of benzene rings is 2. The quantitative estimate of drug-likeness (QED) is 0.842. The zero-order valence-corrected chi connectivity index (χ0v) is 15.2. The summed E-state index contributed by atoms with van der Waals surface area (Å²) in [6.07, 6.45) is 0.712. The Hall–Kier alpha value is -2.95. The van der Waals surface area contributed by atoms with Crippen LogP contribution in [0.5, 0.6) is 0 Å². The van der Waals surface area contributed by atoms with E-state index in [4.69, 9.17) is 0 Å². The van der Waals surface area contributed by atoms with Gasteiger partial charge in [-0.3, -0.25) is 19.3 Å². The first-order valence-corrected chi connectivity index (χ1v) is 8.78. The number of imide groups is 1. The molecular formula is C21H22N2O3. The molecule has 26 heavy (non-hydrogen) atoms. The molecule has 2 aromatic rings. The van der Waals surface area contributed by atoms with Crippen LogP contribution in [0.4, 0.5) is 0 Å². The molecule has 3 rings (SSSR count). The lowest BCUT2D eigenvalue weighted by Crippen LogP contribution is -2.48. The lowest BCUT2D eigenvalue weighted by molar-refractivity contribution is -0.125. The minimum Gasteiger partial charge on any atom is -0.348 e. The SMILES string of the molecule is CCC(NC(=O)C(C)N1C(=O)c2ccccc2C1=O)c1ccc(C)cc1. The van der Waals surface area contributed by atoms with E-state index in [9.17, 15) is 14.4 Å². The van der Waals surface area contributed by atoms with Crippen molar-refractivity contribution < 1.29 is 14.4 Å². The number of rotatable bonds is 5. The van der Waals surface area contributed by atoms with Crippen molar-refractivity contribution in [3.8, 4) is 0 Å². The molecule has 0 spiro atoms. The maximum absolute atomic E-state index is 12.7. The molecule has 0 fully saturated rings. The number of hydrogen-bond donors (Lipinski definition) is 1. The number of carbonyl (C=O) groups excluding carboxylic acids is 3. The number of nitrogens with one attached hydrogen (secondary N) is 1. The first-order chi connectivity index (χ1) is 12.4. The highest BCUT2D eigenvalue weighted by Crippen LogP contribution is 2.25. The highest BCUT2D eigenvalue weighted by atomic mass is 16.2. The Bertz CT molecular complexity index is 823. The second-order valence-corrected chi connectivity index (χ2v) is 6.58. The smallest absolute Gasteiger partial charge is 0.262 e. The van der Waals surface area contributed by atoms with Gasteiger partial charge in [0.1, 0.15) is 6.04 Å². The molecule has 0 saturated heterocycles. The van der Waals surface area contributed by atoms with Crippen molar-refractivity contribution in [1.82, 2.24) is 10.2 Å². The second-order valence-electron chi connectivity index (χ2n) is 6.58. The van der Waals surface area contributed by atoms with Crippen LogP contribution in [0.2, 0.25) is 0 Å². The van der Waals surface area contributed by atoms with Crippen LogP contribution in [0, 0.1) is 6.92 Å².